The number of nitrogens with one attached hydrogen (secondary N) is 2. The van der Waals surface area contributed by atoms with E-state index in [1.54, 1.807) is 14.1 Å². The number of hydrogen-bond acceptors (Lipinski definition) is 6. The van der Waals surface area contributed by atoms with Crippen LogP contribution in [-0.4, -0.2) is 50.6 Å². The number of carbonyl (C=O) groups is 4. The smallest absolute Gasteiger partial charge is 0.300 e. The van der Waals surface area contributed by atoms with E-state index in [9.17, 15) is 9.59 Å². The summed E-state index contributed by atoms with van der Waals surface area (Å²) in [6, 6.07) is 16.1. The second-order valence-electron chi connectivity index (χ2n) is 10.3. The number of carboxylic acid groups (broad SMARTS) is 1. The first-order chi connectivity index (χ1) is 21.1. The molecule has 2 aromatic rings. The summed E-state index contributed by atoms with van der Waals surface area (Å²) in [5, 5.41) is 12.2. The number of aryl methyl sites for hydroxylation is 2. The first-order valence-electron chi connectivity index (χ1n) is 15.4. The Morgan fingerprint density at radius 3 is 1.23 bits per heavy atom. The van der Waals surface area contributed by atoms with Gasteiger partial charge < -0.3 is 25.2 Å². The Morgan fingerprint density at radius 2 is 1.09 bits per heavy atom. The van der Waals surface area contributed by atoms with Crippen LogP contribution in [0.4, 0.5) is 0 Å². The number of aliphatic carboxylic acids is 1. The molecule has 0 saturated heterocycles. The van der Waals surface area contributed by atoms with E-state index < -0.39 is 5.97 Å². The summed E-state index contributed by atoms with van der Waals surface area (Å²) in [5.74, 6) is 4.87. The van der Waals surface area contributed by atoms with Gasteiger partial charge in [0, 0.05) is 74.5 Å². The largest absolute Gasteiger partial charge is 0.481 e. The first kappa shape index (κ1) is 56.7. The molecule has 1 saturated carbocycles. The normalized spacial score (nSPS) is 16.0. The van der Waals surface area contributed by atoms with Gasteiger partial charge in [0.15, 0.2) is 0 Å². The van der Waals surface area contributed by atoms with Crippen molar-refractivity contribution in [3.63, 3.8) is 0 Å². The van der Waals surface area contributed by atoms with Crippen LogP contribution in [0.3, 0.4) is 0 Å². The van der Waals surface area contributed by atoms with Gasteiger partial charge in [0.25, 0.3) is 12.4 Å². The third-order valence-electron chi connectivity index (χ3n) is 6.60. The van der Waals surface area contributed by atoms with E-state index in [-0.39, 0.29) is 51.4 Å². The Morgan fingerprint density at radius 1 is 0.809 bits per heavy atom. The zero-order valence-electron chi connectivity index (χ0n) is 31.2. The van der Waals surface area contributed by atoms with Gasteiger partial charge in [0.2, 0.25) is 11.8 Å². The summed E-state index contributed by atoms with van der Waals surface area (Å²) < 4.78 is 9.55. The minimum absolute atomic E-state index is 0. The Bertz CT molecular complexity index is 962. The first-order valence-corrected chi connectivity index (χ1v) is 15.4. The van der Waals surface area contributed by atoms with Crippen molar-refractivity contribution in [3.05, 3.63) is 59.7 Å². The minimum Gasteiger partial charge on any atom is -0.481 e. The molecule has 11 heteroatoms. The maximum absolute atomic E-state index is 9.70. The van der Waals surface area contributed by atoms with E-state index in [0.29, 0.717) is 6.47 Å². The molecule has 3 N–H and O–H groups in total. The number of carboxylic acids is 1. The van der Waals surface area contributed by atoms with E-state index in [0.717, 1.165) is 42.1 Å². The van der Waals surface area contributed by atoms with Crippen molar-refractivity contribution >= 4 is 24.3 Å². The number of carbonyl (C=O) groups excluding carboxylic acids is 3. The molecule has 0 aliphatic heterocycles. The third kappa shape index (κ3) is 37.7. The molecular formula is C36H62N2O7VW. The standard InChI is InChI=1S/C14H14O.C10H20.2C3H7NO.2C2H4O2.C2H6.V.W/c1-11-3-7-13(8-4-11)15-14-9-5-12(2)6-10-14;1-5-10-8(3)6-7(2)9(10)4;2*1-3(5)4-2;1-4-2-3;1-2(3)4;1-2;;/h3-10H,1-2H3;7-10H,5-6H2,1-4H3;2*1-2H3,(H,4,5);2H,1H3;1H3,(H,3,4);1-2H3;;. The van der Waals surface area contributed by atoms with Crippen molar-refractivity contribution in [2.75, 3.05) is 21.2 Å². The Balaban J connectivity index is -0.000000115. The average Bonchev–Trinajstić information content (AvgIpc) is 3.26. The van der Waals surface area contributed by atoms with Crippen LogP contribution in [0.15, 0.2) is 48.5 Å². The number of benzene rings is 2. The fourth-order valence-corrected chi connectivity index (χ4v) is 4.04. The molecule has 1 fully saturated rings. The molecule has 0 heterocycles. The molecule has 3 rings (SSSR count). The molecule has 0 spiro atoms. The molecule has 0 aromatic heterocycles. The van der Waals surface area contributed by atoms with E-state index in [1.165, 1.54) is 44.9 Å². The maximum atomic E-state index is 9.70. The molecule has 9 nitrogen and oxygen atoms in total. The van der Waals surface area contributed by atoms with Crippen LogP contribution in [0.2, 0.25) is 0 Å². The predicted molar refractivity (Wildman–Crippen MR) is 186 cm³/mol. The van der Waals surface area contributed by atoms with Gasteiger partial charge in [-0.05, 0) is 68.2 Å². The fourth-order valence-electron chi connectivity index (χ4n) is 4.04. The molecule has 47 heavy (non-hydrogen) atoms. The molecule has 4 atom stereocenters. The number of hydrogen-bond donors (Lipinski definition) is 3. The topological polar surface area (TPSA) is 131 Å². The van der Waals surface area contributed by atoms with Crippen molar-refractivity contribution in [2.24, 2.45) is 23.7 Å². The molecule has 2 amide bonds. The molecule has 1 aliphatic carbocycles. The van der Waals surface area contributed by atoms with Gasteiger partial charge in [-0.15, -0.1) is 0 Å². The second kappa shape index (κ2) is 37.8. The number of amides is 2. The summed E-state index contributed by atoms with van der Waals surface area (Å²) in [6.07, 6.45) is 2.84. The second-order valence-corrected chi connectivity index (χ2v) is 10.3. The van der Waals surface area contributed by atoms with Gasteiger partial charge in [0.05, 0.1) is 7.11 Å². The van der Waals surface area contributed by atoms with Gasteiger partial charge in [-0.3, -0.25) is 19.2 Å². The van der Waals surface area contributed by atoms with Crippen molar-refractivity contribution in [2.45, 2.75) is 89.0 Å². The SMILES string of the molecule is CC.CC(=O)O.CCC1C(C)CC(C)C1C.CNC(C)=O.CNC(C)=O.COC=O.Cc1ccc(Oc2ccc(C)cc2)cc1.[V].[W]. The summed E-state index contributed by atoms with van der Waals surface area (Å²) in [6.45, 7) is 22.1. The summed E-state index contributed by atoms with van der Waals surface area (Å²) in [4.78, 5) is 37.4. The van der Waals surface area contributed by atoms with Crippen LogP contribution in [0.1, 0.15) is 86.3 Å². The molecule has 4 unspecified atom stereocenters. The van der Waals surface area contributed by atoms with E-state index >= 15 is 0 Å². The summed E-state index contributed by atoms with van der Waals surface area (Å²) >= 11 is 0. The van der Waals surface area contributed by atoms with Crippen molar-refractivity contribution in [1.29, 1.82) is 0 Å². The van der Waals surface area contributed by atoms with Crippen molar-refractivity contribution in [1.82, 2.24) is 10.6 Å². The molecule has 269 valence electrons. The maximum Gasteiger partial charge on any atom is 0.300 e. The molecule has 1 radical (unpaired) electrons. The van der Waals surface area contributed by atoms with E-state index in [4.69, 9.17) is 19.4 Å². The van der Waals surface area contributed by atoms with Gasteiger partial charge in [-0.1, -0.05) is 83.4 Å². The number of ether oxygens (including phenoxy) is 2. The zero-order chi connectivity index (χ0) is 36.0. The molecule has 1 aliphatic rings. The summed E-state index contributed by atoms with van der Waals surface area (Å²) in [5.41, 5.74) is 2.48. The zero-order valence-corrected chi connectivity index (χ0v) is 35.5. The molecule has 0 bridgehead atoms. The van der Waals surface area contributed by atoms with E-state index in [2.05, 4.69) is 56.9 Å². The van der Waals surface area contributed by atoms with Crippen molar-refractivity contribution in [3.8, 4) is 11.5 Å². The number of rotatable bonds is 4. The van der Waals surface area contributed by atoms with Crippen molar-refractivity contribution < 1.29 is 73.4 Å². The van der Waals surface area contributed by atoms with Crippen LogP contribution in [0.25, 0.3) is 0 Å². The Kier molecular flexibility index (Phi) is 45.7. The van der Waals surface area contributed by atoms with Crippen LogP contribution < -0.4 is 15.4 Å². The average molecular weight is 870 g/mol. The van der Waals surface area contributed by atoms with Gasteiger partial charge in [0.1, 0.15) is 11.5 Å². The van der Waals surface area contributed by atoms with Crippen LogP contribution in [0.5, 0.6) is 11.5 Å². The van der Waals surface area contributed by atoms with Gasteiger partial charge in [-0.2, -0.15) is 0 Å². The monoisotopic (exact) mass is 869 g/mol. The van der Waals surface area contributed by atoms with Gasteiger partial charge in [-0.25, -0.2) is 0 Å². The Hall–Kier alpha value is -2.61. The summed E-state index contributed by atoms with van der Waals surface area (Å²) in [7, 11) is 4.51. The molecule has 2 aromatic carbocycles. The molecular weight excluding hydrogens is 807 g/mol. The minimum atomic E-state index is -0.833. The van der Waals surface area contributed by atoms with Crippen LogP contribution in [0, 0.1) is 37.5 Å². The third-order valence-corrected chi connectivity index (χ3v) is 6.60. The van der Waals surface area contributed by atoms with Crippen LogP contribution >= 0.6 is 0 Å². The van der Waals surface area contributed by atoms with E-state index in [1.807, 2.05) is 62.4 Å². The fraction of sp³-hybridized carbons (Fsp3) is 0.556. The van der Waals surface area contributed by atoms with Gasteiger partial charge >= 0.3 is 0 Å². The Labute approximate surface area is 311 Å². The predicted octanol–water partition coefficient (Wildman–Crippen LogP) is 7.83. The number of methoxy groups -OCH3 is 1. The van der Waals surface area contributed by atoms with Crippen LogP contribution in [-0.2, 0) is 63.5 Å². The quantitative estimate of drug-likeness (QED) is 0.267.